The number of aromatic nitrogens is 3. The van der Waals surface area contributed by atoms with E-state index >= 15 is 0 Å². The Bertz CT molecular complexity index is 348. The molecule has 0 radical (unpaired) electrons. The van der Waals surface area contributed by atoms with Gasteiger partial charge in [0.15, 0.2) is 0 Å². The first-order valence-corrected chi connectivity index (χ1v) is 5.73. The molecule has 1 atom stereocenters. The van der Waals surface area contributed by atoms with E-state index in [1.54, 1.807) is 6.33 Å². The Kier molecular flexibility index (Phi) is 5.00. The van der Waals surface area contributed by atoms with Gasteiger partial charge in [-0.3, -0.25) is 5.32 Å². The van der Waals surface area contributed by atoms with Gasteiger partial charge in [0.05, 0.1) is 12.6 Å². The summed E-state index contributed by atoms with van der Waals surface area (Å²) in [6.45, 7) is 7.96. The average molecular weight is 220 g/mol. The van der Waals surface area contributed by atoms with Crippen LogP contribution in [0.3, 0.4) is 0 Å². The summed E-state index contributed by atoms with van der Waals surface area (Å²) >= 11 is 0. The second-order valence-corrected chi connectivity index (χ2v) is 4.26. The number of terminal acetylenes is 1. The third-order valence-electron chi connectivity index (χ3n) is 2.35. The van der Waals surface area contributed by atoms with Gasteiger partial charge in [-0.2, -0.15) is 5.10 Å². The van der Waals surface area contributed by atoms with Crippen molar-refractivity contribution in [3.05, 3.63) is 12.2 Å². The molecule has 0 bridgehead atoms. The highest BCUT2D eigenvalue weighted by atomic mass is 15.3. The number of nitrogens with one attached hydrogen (secondary N) is 1. The van der Waals surface area contributed by atoms with Gasteiger partial charge in [0.2, 0.25) is 0 Å². The highest BCUT2D eigenvalue weighted by molar-refractivity contribution is 4.99. The lowest BCUT2D eigenvalue weighted by Crippen LogP contribution is -2.28. The largest absolute Gasteiger partial charge is 0.297 e. The van der Waals surface area contributed by atoms with E-state index in [0.717, 1.165) is 18.8 Å². The Balaban J connectivity index is 2.54. The van der Waals surface area contributed by atoms with E-state index in [1.165, 1.54) is 0 Å². The lowest BCUT2D eigenvalue weighted by molar-refractivity contribution is 0.452. The monoisotopic (exact) mass is 220 g/mol. The SMILES string of the molecule is C#CC(CC)NCc1ncnn1CC(C)C. The van der Waals surface area contributed by atoms with Gasteiger partial charge in [0.1, 0.15) is 12.2 Å². The number of nitrogens with zero attached hydrogens (tertiary/aromatic N) is 3. The molecule has 0 amide bonds. The maximum atomic E-state index is 5.39. The zero-order valence-electron chi connectivity index (χ0n) is 10.3. The summed E-state index contributed by atoms with van der Waals surface area (Å²) in [6, 6.07) is 0.115. The van der Waals surface area contributed by atoms with Crippen LogP contribution in [-0.2, 0) is 13.1 Å². The fourth-order valence-electron chi connectivity index (χ4n) is 1.46. The Labute approximate surface area is 97.5 Å². The fraction of sp³-hybridized carbons (Fsp3) is 0.667. The smallest absolute Gasteiger partial charge is 0.140 e. The zero-order chi connectivity index (χ0) is 12.0. The van der Waals surface area contributed by atoms with E-state index in [2.05, 4.69) is 42.1 Å². The molecule has 0 aliphatic carbocycles. The van der Waals surface area contributed by atoms with Crippen molar-refractivity contribution in [2.24, 2.45) is 5.92 Å². The third kappa shape index (κ3) is 3.67. The molecule has 0 spiro atoms. The molecule has 0 aliphatic rings. The van der Waals surface area contributed by atoms with Gasteiger partial charge >= 0.3 is 0 Å². The van der Waals surface area contributed by atoms with Crippen molar-refractivity contribution in [3.63, 3.8) is 0 Å². The van der Waals surface area contributed by atoms with Crippen LogP contribution in [-0.4, -0.2) is 20.8 Å². The van der Waals surface area contributed by atoms with Crippen LogP contribution < -0.4 is 5.32 Å². The van der Waals surface area contributed by atoms with Crippen molar-refractivity contribution in [2.45, 2.75) is 46.3 Å². The molecule has 4 nitrogen and oxygen atoms in total. The molecule has 16 heavy (non-hydrogen) atoms. The van der Waals surface area contributed by atoms with E-state index in [9.17, 15) is 0 Å². The van der Waals surface area contributed by atoms with Crippen molar-refractivity contribution >= 4 is 0 Å². The standard InChI is InChI=1S/C12H20N4/c1-5-11(6-2)13-7-12-14-9-15-16(12)8-10(3)4/h1,9-11,13H,6-8H2,2-4H3. The van der Waals surface area contributed by atoms with Gasteiger partial charge < -0.3 is 0 Å². The van der Waals surface area contributed by atoms with E-state index in [1.807, 2.05) is 4.68 Å². The van der Waals surface area contributed by atoms with Crippen LogP contribution in [0.4, 0.5) is 0 Å². The molecule has 0 saturated heterocycles. The lowest BCUT2D eigenvalue weighted by atomic mass is 10.2. The Morgan fingerprint density at radius 2 is 2.31 bits per heavy atom. The highest BCUT2D eigenvalue weighted by Gasteiger charge is 2.07. The second kappa shape index (κ2) is 6.29. The second-order valence-electron chi connectivity index (χ2n) is 4.26. The molecular formula is C12H20N4. The van der Waals surface area contributed by atoms with Gasteiger partial charge in [-0.15, -0.1) is 6.42 Å². The summed E-state index contributed by atoms with van der Waals surface area (Å²) in [5.74, 6) is 4.22. The van der Waals surface area contributed by atoms with E-state index < -0.39 is 0 Å². The highest BCUT2D eigenvalue weighted by Crippen LogP contribution is 2.01. The molecule has 0 aliphatic heterocycles. The van der Waals surface area contributed by atoms with E-state index in [0.29, 0.717) is 12.5 Å². The molecule has 1 unspecified atom stereocenters. The summed E-state index contributed by atoms with van der Waals surface area (Å²) in [5.41, 5.74) is 0. The van der Waals surface area contributed by atoms with Crippen molar-refractivity contribution in [2.75, 3.05) is 0 Å². The number of rotatable bonds is 6. The van der Waals surface area contributed by atoms with Gasteiger partial charge in [-0.1, -0.05) is 26.7 Å². The quantitative estimate of drug-likeness (QED) is 0.738. The first-order chi connectivity index (χ1) is 7.67. The van der Waals surface area contributed by atoms with Crippen LogP contribution in [0.1, 0.15) is 33.0 Å². The van der Waals surface area contributed by atoms with Crippen molar-refractivity contribution in [1.82, 2.24) is 20.1 Å². The van der Waals surface area contributed by atoms with Crippen molar-refractivity contribution < 1.29 is 0 Å². The first-order valence-electron chi connectivity index (χ1n) is 5.73. The zero-order valence-corrected chi connectivity index (χ0v) is 10.3. The Morgan fingerprint density at radius 3 is 2.88 bits per heavy atom. The van der Waals surface area contributed by atoms with E-state index in [-0.39, 0.29) is 6.04 Å². The Morgan fingerprint density at radius 1 is 1.56 bits per heavy atom. The van der Waals surface area contributed by atoms with Gasteiger partial charge in [0, 0.05) is 6.54 Å². The topological polar surface area (TPSA) is 42.7 Å². The van der Waals surface area contributed by atoms with Crippen molar-refractivity contribution in [3.8, 4) is 12.3 Å². The molecular weight excluding hydrogens is 200 g/mol. The molecule has 1 heterocycles. The number of hydrogen-bond donors (Lipinski definition) is 1. The molecule has 1 rings (SSSR count). The maximum absolute atomic E-state index is 5.39. The molecule has 88 valence electrons. The lowest BCUT2D eigenvalue weighted by Gasteiger charge is -2.12. The Hall–Kier alpha value is -1.34. The normalized spacial score (nSPS) is 12.7. The van der Waals surface area contributed by atoms with Crippen LogP contribution in [0.15, 0.2) is 6.33 Å². The minimum atomic E-state index is 0.115. The molecule has 0 fully saturated rings. The molecule has 4 heteroatoms. The van der Waals surface area contributed by atoms with Crippen LogP contribution >= 0.6 is 0 Å². The minimum absolute atomic E-state index is 0.115. The molecule has 1 N–H and O–H groups in total. The molecule has 1 aromatic heterocycles. The molecule has 0 saturated carbocycles. The third-order valence-corrected chi connectivity index (χ3v) is 2.35. The van der Waals surface area contributed by atoms with Crippen LogP contribution in [0.25, 0.3) is 0 Å². The van der Waals surface area contributed by atoms with Crippen LogP contribution in [0, 0.1) is 18.3 Å². The van der Waals surface area contributed by atoms with E-state index in [4.69, 9.17) is 6.42 Å². The maximum Gasteiger partial charge on any atom is 0.140 e. The number of hydrogen-bond acceptors (Lipinski definition) is 3. The molecule has 1 aromatic rings. The van der Waals surface area contributed by atoms with Gasteiger partial charge in [0.25, 0.3) is 0 Å². The van der Waals surface area contributed by atoms with Gasteiger partial charge in [-0.25, -0.2) is 9.67 Å². The van der Waals surface area contributed by atoms with Crippen LogP contribution in [0.5, 0.6) is 0 Å². The van der Waals surface area contributed by atoms with Gasteiger partial charge in [-0.05, 0) is 12.3 Å². The molecule has 0 aromatic carbocycles. The predicted octanol–water partition coefficient (Wildman–Crippen LogP) is 1.44. The summed E-state index contributed by atoms with van der Waals surface area (Å²) in [6.07, 6.45) is 7.91. The minimum Gasteiger partial charge on any atom is -0.297 e. The summed E-state index contributed by atoms with van der Waals surface area (Å²) in [7, 11) is 0. The summed E-state index contributed by atoms with van der Waals surface area (Å²) < 4.78 is 1.93. The van der Waals surface area contributed by atoms with Crippen LogP contribution in [0.2, 0.25) is 0 Å². The first kappa shape index (κ1) is 12.7. The summed E-state index contributed by atoms with van der Waals surface area (Å²) in [4.78, 5) is 4.23. The predicted molar refractivity (Wildman–Crippen MR) is 64.6 cm³/mol. The average Bonchev–Trinajstić information content (AvgIpc) is 2.66. The van der Waals surface area contributed by atoms with Crippen molar-refractivity contribution in [1.29, 1.82) is 0 Å². The fourth-order valence-corrected chi connectivity index (χ4v) is 1.46. The summed E-state index contributed by atoms with van der Waals surface area (Å²) in [5, 5.41) is 7.48.